The topological polar surface area (TPSA) is 65.4 Å². The smallest absolute Gasteiger partial charge is 0.416 e. The molecular weight excluding hydrogens is 335 g/mol. The summed E-state index contributed by atoms with van der Waals surface area (Å²) >= 11 is 0. The monoisotopic (exact) mass is 355 g/mol. The summed E-state index contributed by atoms with van der Waals surface area (Å²) in [4.78, 5) is 13.6. The van der Waals surface area contributed by atoms with Gasteiger partial charge < -0.3 is 15.0 Å². The Hall–Kier alpha value is -2.43. The first-order valence-corrected chi connectivity index (χ1v) is 7.85. The predicted octanol–water partition coefficient (Wildman–Crippen LogP) is 4.00. The summed E-state index contributed by atoms with van der Waals surface area (Å²) in [5.41, 5.74) is -1.21. The second-order valence-electron chi connectivity index (χ2n) is 6.93. The van der Waals surface area contributed by atoms with Crippen molar-refractivity contribution in [2.24, 2.45) is 0 Å². The number of alkyl halides is 3. The van der Waals surface area contributed by atoms with Gasteiger partial charge in [-0.3, -0.25) is 0 Å². The van der Waals surface area contributed by atoms with E-state index >= 15 is 0 Å². The second-order valence-corrected chi connectivity index (χ2v) is 6.93. The molecule has 2 rings (SSSR count). The number of likely N-dealkylation sites (tertiary alicyclic amines) is 1. The number of halogens is 3. The summed E-state index contributed by atoms with van der Waals surface area (Å²) in [5, 5.41) is 12.2. The van der Waals surface area contributed by atoms with Crippen LogP contribution in [0.4, 0.5) is 23.7 Å². The van der Waals surface area contributed by atoms with Crippen molar-refractivity contribution in [3.63, 3.8) is 0 Å². The lowest BCUT2D eigenvalue weighted by atomic mass is 10.1. The number of anilines is 1. The zero-order chi connectivity index (χ0) is 18.8. The standard InChI is InChI=1S/C17H20F3N3O2/c1-16(2,3)25-15(24)23-7-6-13(10-23)22-14-5-4-12(17(18,19)20)8-11(14)9-21/h4-5,8,13,22H,6-7,10H2,1-3H3. The minimum Gasteiger partial charge on any atom is -0.444 e. The molecule has 1 fully saturated rings. The lowest BCUT2D eigenvalue weighted by Crippen LogP contribution is -2.36. The average molecular weight is 355 g/mol. The van der Waals surface area contributed by atoms with Gasteiger partial charge in [0, 0.05) is 19.1 Å². The van der Waals surface area contributed by atoms with E-state index in [1.807, 2.05) is 0 Å². The van der Waals surface area contributed by atoms with E-state index in [9.17, 15) is 18.0 Å². The van der Waals surface area contributed by atoms with Crippen molar-refractivity contribution < 1.29 is 22.7 Å². The minimum atomic E-state index is -4.50. The number of nitrogens with zero attached hydrogens (tertiary/aromatic N) is 2. The Balaban J connectivity index is 2.04. The van der Waals surface area contributed by atoms with Crippen LogP contribution in [0.15, 0.2) is 18.2 Å². The third-order valence-corrected chi connectivity index (χ3v) is 3.67. The molecule has 0 aromatic heterocycles. The van der Waals surface area contributed by atoms with E-state index in [1.165, 1.54) is 6.07 Å². The van der Waals surface area contributed by atoms with Crippen LogP contribution in [-0.2, 0) is 10.9 Å². The van der Waals surface area contributed by atoms with E-state index in [0.29, 0.717) is 25.2 Å². The zero-order valence-corrected chi connectivity index (χ0v) is 14.3. The van der Waals surface area contributed by atoms with Crippen molar-refractivity contribution in [1.82, 2.24) is 4.90 Å². The van der Waals surface area contributed by atoms with Crippen LogP contribution in [0.2, 0.25) is 0 Å². The highest BCUT2D eigenvalue weighted by atomic mass is 19.4. The van der Waals surface area contributed by atoms with Crippen molar-refractivity contribution in [2.75, 3.05) is 18.4 Å². The molecule has 0 saturated carbocycles. The number of carbonyl (C=O) groups excluding carboxylic acids is 1. The number of nitriles is 1. The molecule has 1 aromatic carbocycles. The molecule has 1 amide bonds. The summed E-state index contributed by atoms with van der Waals surface area (Å²) in [6.45, 7) is 6.17. The summed E-state index contributed by atoms with van der Waals surface area (Å²) in [6.07, 6.45) is -4.31. The Morgan fingerprint density at radius 2 is 2.04 bits per heavy atom. The number of benzene rings is 1. The molecule has 1 N–H and O–H groups in total. The molecule has 136 valence electrons. The van der Waals surface area contributed by atoms with E-state index in [1.54, 1.807) is 31.7 Å². The molecule has 1 unspecified atom stereocenters. The number of ether oxygens (including phenoxy) is 1. The van der Waals surface area contributed by atoms with Gasteiger partial charge in [0.25, 0.3) is 0 Å². The largest absolute Gasteiger partial charge is 0.444 e. The van der Waals surface area contributed by atoms with Gasteiger partial charge in [-0.15, -0.1) is 0 Å². The average Bonchev–Trinajstić information content (AvgIpc) is 2.93. The third kappa shape index (κ3) is 5.02. The van der Waals surface area contributed by atoms with Crippen LogP contribution < -0.4 is 5.32 Å². The maximum atomic E-state index is 12.7. The molecule has 0 bridgehead atoms. The Morgan fingerprint density at radius 1 is 1.36 bits per heavy atom. The van der Waals surface area contributed by atoms with E-state index in [-0.39, 0.29) is 11.6 Å². The number of hydrogen-bond donors (Lipinski definition) is 1. The first-order chi connectivity index (χ1) is 11.5. The molecule has 1 saturated heterocycles. The summed E-state index contributed by atoms with van der Waals surface area (Å²) in [7, 11) is 0. The van der Waals surface area contributed by atoms with Gasteiger partial charge in [-0.2, -0.15) is 18.4 Å². The number of nitrogens with one attached hydrogen (secondary N) is 1. The SMILES string of the molecule is CC(C)(C)OC(=O)N1CCC(Nc2ccc(C(F)(F)F)cc2C#N)C1. The first kappa shape index (κ1) is 18.9. The van der Waals surface area contributed by atoms with Crippen LogP contribution >= 0.6 is 0 Å². The van der Waals surface area contributed by atoms with Gasteiger partial charge in [-0.25, -0.2) is 4.79 Å². The van der Waals surface area contributed by atoms with Gasteiger partial charge in [0.1, 0.15) is 11.7 Å². The van der Waals surface area contributed by atoms with Crippen LogP contribution in [0.3, 0.4) is 0 Å². The highest BCUT2D eigenvalue weighted by molar-refractivity contribution is 5.69. The second kappa shape index (κ2) is 6.82. The Labute approximate surface area is 144 Å². The zero-order valence-electron chi connectivity index (χ0n) is 14.3. The fourth-order valence-corrected chi connectivity index (χ4v) is 2.53. The fraction of sp³-hybridized carbons (Fsp3) is 0.529. The number of carbonyl (C=O) groups is 1. The molecule has 1 atom stereocenters. The van der Waals surface area contributed by atoms with Crippen molar-refractivity contribution in [2.45, 2.75) is 45.0 Å². The highest BCUT2D eigenvalue weighted by Crippen LogP contribution is 2.32. The Bertz CT molecular complexity index is 690. The predicted molar refractivity (Wildman–Crippen MR) is 86.0 cm³/mol. The van der Waals surface area contributed by atoms with Crippen LogP contribution in [0.5, 0.6) is 0 Å². The Morgan fingerprint density at radius 3 is 2.60 bits per heavy atom. The Kier molecular flexibility index (Phi) is 5.16. The molecule has 1 aliphatic heterocycles. The molecule has 5 nitrogen and oxygen atoms in total. The van der Waals surface area contributed by atoms with Crippen LogP contribution in [-0.4, -0.2) is 35.7 Å². The van der Waals surface area contributed by atoms with Crippen LogP contribution in [0.25, 0.3) is 0 Å². The molecule has 8 heteroatoms. The van der Waals surface area contributed by atoms with Gasteiger partial charge in [0.15, 0.2) is 0 Å². The number of amides is 1. The van der Waals surface area contributed by atoms with Crippen molar-refractivity contribution >= 4 is 11.8 Å². The maximum Gasteiger partial charge on any atom is 0.416 e. The first-order valence-electron chi connectivity index (χ1n) is 7.85. The van der Waals surface area contributed by atoms with E-state index in [4.69, 9.17) is 10.00 Å². The van der Waals surface area contributed by atoms with E-state index < -0.39 is 23.4 Å². The van der Waals surface area contributed by atoms with Gasteiger partial charge in [0.2, 0.25) is 0 Å². The molecule has 1 heterocycles. The molecule has 1 aromatic rings. The molecule has 25 heavy (non-hydrogen) atoms. The summed E-state index contributed by atoms with van der Waals surface area (Å²) in [6, 6.07) is 4.63. The highest BCUT2D eigenvalue weighted by Gasteiger charge is 2.32. The lowest BCUT2D eigenvalue weighted by molar-refractivity contribution is -0.137. The normalized spacial score (nSPS) is 18.0. The molecule has 1 aliphatic rings. The maximum absolute atomic E-state index is 12.7. The molecule has 0 radical (unpaired) electrons. The number of hydrogen-bond acceptors (Lipinski definition) is 4. The van der Waals surface area contributed by atoms with Crippen molar-refractivity contribution in [3.8, 4) is 6.07 Å². The fourth-order valence-electron chi connectivity index (χ4n) is 2.53. The van der Waals surface area contributed by atoms with Gasteiger partial charge in [-0.1, -0.05) is 0 Å². The van der Waals surface area contributed by atoms with Crippen LogP contribution in [0, 0.1) is 11.3 Å². The van der Waals surface area contributed by atoms with Crippen LogP contribution in [0.1, 0.15) is 38.3 Å². The van der Waals surface area contributed by atoms with Crippen molar-refractivity contribution in [3.05, 3.63) is 29.3 Å². The van der Waals surface area contributed by atoms with Gasteiger partial charge in [-0.05, 0) is 45.4 Å². The van der Waals surface area contributed by atoms with E-state index in [2.05, 4.69) is 5.32 Å². The van der Waals surface area contributed by atoms with Gasteiger partial charge >= 0.3 is 12.3 Å². The lowest BCUT2D eigenvalue weighted by Gasteiger charge is -2.24. The van der Waals surface area contributed by atoms with E-state index in [0.717, 1.165) is 12.1 Å². The van der Waals surface area contributed by atoms with Crippen molar-refractivity contribution in [1.29, 1.82) is 5.26 Å². The van der Waals surface area contributed by atoms with Gasteiger partial charge in [0.05, 0.1) is 16.8 Å². The summed E-state index contributed by atoms with van der Waals surface area (Å²) < 4.78 is 43.5. The molecule has 0 spiro atoms. The minimum absolute atomic E-state index is 0.0782. The number of rotatable bonds is 2. The quantitative estimate of drug-likeness (QED) is 0.871. The molecular formula is C17H20F3N3O2. The third-order valence-electron chi connectivity index (χ3n) is 3.67. The summed E-state index contributed by atoms with van der Waals surface area (Å²) in [5.74, 6) is 0. The molecule has 0 aliphatic carbocycles.